The Kier molecular flexibility index (Phi) is 6.33. The van der Waals surface area contributed by atoms with Crippen molar-refractivity contribution in [2.75, 3.05) is 6.54 Å². The van der Waals surface area contributed by atoms with Gasteiger partial charge in [0.1, 0.15) is 5.82 Å². The second kappa shape index (κ2) is 9.81. The van der Waals surface area contributed by atoms with Gasteiger partial charge in [0, 0.05) is 23.5 Å². The van der Waals surface area contributed by atoms with E-state index in [2.05, 4.69) is 10.4 Å². The monoisotopic (exact) mass is 548 g/mol. The fraction of sp³-hybridized carbons (Fsp3) is 0.214. The largest absolute Gasteiger partial charge is 0.346 e. The van der Waals surface area contributed by atoms with Gasteiger partial charge in [-0.05, 0) is 55.2 Å². The van der Waals surface area contributed by atoms with Gasteiger partial charge in [-0.25, -0.2) is 4.39 Å². The minimum absolute atomic E-state index is 0.0434. The van der Waals surface area contributed by atoms with Gasteiger partial charge >= 0.3 is 0 Å². The molecule has 4 aromatic rings. The molecule has 0 radical (unpaired) electrons. The lowest BCUT2D eigenvalue weighted by Crippen LogP contribution is -2.46. The fourth-order valence-electron chi connectivity index (χ4n) is 5.11. The second-order valence-corrected chi connectivity index (χ2v) is 10.9. The molecule has 2 aromatic heterocycles. The Hall–Kier alpha value is -3.82. The van der Waals surface area contributed by atoms with Crippen molar-refractivity contribution in [3.63, 3.8) is 0 Å². The molecule has 0 spiro atoms. The summed E-state index contributed by atoms with van der Waals surface area (Å²) in [4.78, 5) is 42.2. The number of nitrogens with one attached hydrogen (secondary N) is 1. The van der Waals surface area contributed by atoms with Crippen LogP contribution in [0.1, 0.15) is 47.2 Å². The van der Waals surface area contributed by atoms with Crippen molar-refractivity contribution >= 4 is 40.7 Å². The Labute approximate surface area is 226 Å². The zero-order valence-electron chi connectivity index (χ0n) is 20.1. The van der Waals surface area contributed by atoms with Crippen molar-refractivity contribution < 1.29 is 18.8 Å². The summed E-state index contributed by atoms with van der Waals surface area (Å²) in [5.41, 5.74) is 3.01. The first kappa shape index (κ1) is 24.5. The Balaban J connectivity index is 1.28. The van der Waals surface area contributed by atoms with Crippen LogP contribution in [0.15, 0.2) is 60.8 Å². The number of hydrogen-bond donors (Lipinski definition) is 1. The quantitative estimate of drug-likeness (QED) is 0.344. The van der Waals surface area contributed by atoms with Crippen LogP contribution in [0.5, 0.6) is 0 Å². The highest BCUT2D eigenvalue weighted by Gasteiger charge is 2.37. The number of nitrogens with zero attached hydrogens (tertiary/aromatic N) is 3. The van der Waals surface area contributed by atoms with Crippen LogP contribution in [0.25, 0.3) is 11.3 Å². The first-order chi connectivity index (χ1) is 18.4. The highest BCUT2D eigenvalue weighted by molar-refractivity contribution is 7.14. The SMILES string of the molecule is O=C(NC(Cc1cccc(F)c1)CN1C(=O)c2ccccc2C1=O)c1cc2c(s1)CCCn1ncc(Cl)c1-2. The molecule has 1 atom stereocenters. The second-order valence-electron chi connectivity index (χ2n) is 9.39. The van der Waals surface area contributed by atoms with E-state index < -0.39 is 23.7 Å². The van der Waals surface area contributed by atoms with Gasteiger partial charge in [0.2, 0.25) is 0 Å². The van der Waals surface area contributed by atoms with Gasteiger partial charge in [0.25, 0.3) is 17.7 Å². The summed E-state index contributed by atoms with van der Waals surface area (Å²) in [6.45, 7) is 0.708. The average Bonchev–Trinajstić information content (AvgIpc) is 3.51. The number of rotatable bonds is 6. The van der Waals surface area contributed by atoms with Crippen LogP contribution in [0.2, 0.25) is 5.02 Å². The first-order valence-electron chi connectivity index (χ1n) is 12.2. The summed E-state index contributed by atoms with van der Waals surface area (Å²) in [6, 6.07) is 13.9. The molecule has 0 aliphatic carbocycles. The number of aryl methyl sites for hydroxylation is 2. The molecule has 7 nitrogen and oxygen atoms in total. The standard InChI is InChI=1S/C28H22ClFN4O3S/c29-22-14-31-34-10-4-9-23-21(25(22)34)13-24(38-23)26(35)32-18(12-16-5-3-6-17(30)11-16)15-33-27(36)19-7-1-2-8-20(19)28(33)37/h1-3,5-8,11,13-14,18H,4,9-10,12,15H2,(H,32,35). The number of hydrogen-bond acceptors (Lipinski definition) is 5. The van der Waals surface area contributed by atoms with Gasteiger partial charge < -0.3 is 5.32 Å². The molecule has 2 aromatic carbocycles. The number of carbonyl (C=O) groups excluding carboxylic acids is 3. The Morgan fingerprint density at radius 3 is 2.58 bits per heavy atom. The molecule has 192 valence electrons. The van der Waals surface area contributed by atoms with Crippen LogP contribution in [-0.4, -0.2) is 45.0 Å². The minimum Gasteiger partial charge on any atom is -0.346 e. The molecular formula is C28H22ClFN4O3S. The average molecular weight is 549 g/mol. The molecule has 2 aliphatic rings. The van der Waals surface area contributed by atoms with Crippen molar-refractivity contribution in [3.05, 3.63) is 98.1 Å². The summed E-state index contributed by atoms with van der Waals surface area (Å²) in [6.07, 6.45) is 3.53. The van der Waals surface area contributed by atoms with Crippen LogP contribution in [0.3, 0.4) is 0 Å². The maximum atomic E-state index is 13.9. The van der Waals surface area contributed by atoms with Crippen LogP contribution >= 0.6 is 22.9 Å². The Morgan fingerprint density at radius 2 is 1.84 bits per heavy atom. The molecule has 6 rings (SSSR count). The number of benzene rings is 2. The summed E-state index contributed by atoms with van der Waals surface area (Å²) in [5, 5.41) is 7.88. The molecule has 38 heavy (non-hydrogen) atoms. The summed E-state index contributed by atoms with van der Waals surface area (Å²) >= 11 is 7.81. The molecule has 3 amide bonds. The number of imide groups is 1. The maximum absolute atomic E-state index is 13.9. The molecule has 4 heterocycles. The summed E-state index contributed by atoms with van der Waals surface area (Å²) in [7, 11) is 0. The van der Waals surface area contributed by atoms with Crippen molar-refractivity contribution in [3.8, 4) is 11.3 Å². The van der Waals surface area contributed by atoms with Crippen LogP contribution in [0, 0.1) is 5.82 Å². The molecule has 0 saturated heterocycles. The van der Waals surface area contributed by atoms with E-state index in [-0.39, 0.29) is 18.9 Å². The van der Waals surface area contributed by atoms with E-state index in [9.17, 15) is 18.8 Å². The van der Waals surface area contributed by atoms with E-state index in [1.807, 2.05) is 10.7 Å². The molecular weight excluding hydrogens is 527 g/mol. The third-order valence-corrected chi connectivity index (χ3v) is 8.31. The van der Waals surface area contributed by atoms with E-state index in [4.69, 9.17) is 11.6 Å². The molecule has 1 N–H and O–H groups in total. The topological polar surface area (TPSA) is 84.3 Å². The van der Waals surface area contributed by atoms with Crippen molar-refractivity contribution in [1.29, 1.82) is 0 Å². The van der Waals surface area contributed by atoms with Gasteiger partial charge in [-0.2, -0.15) is 5.10 Å². The normalized spacial score (nSPS) is 15.1. The summed E-state index contributed by atoms with van der Waals surface area (Å²) < 4.78 is 15.8. The third-order valence-electron chi connectivity index (χ3n) is 6.84. The van der Waals surface area contributed by atoms with Gasteiger partial charge in [-0.3, -0.25) is 24.0 Å². The molecule has 0 saturated carbocycles. The van der Waals surface area contributed by atoms with E-state index in [0.717, 1.165) is 40.4 Å². The van der Waals surface area contributed by atoms with Crippen LogP contribution in [0.4, 0.5) is 4.39 Å². The van der Waals surface area contributed by atoms with Crippen LogP contribution in [-0.2, 0) is 19.4 Å². The summed E-state index contributed by atoms with van der Waals surface area (Å²) in [5.74, 6) is -1.54. The highest BCUT2D eigenvalue weighted by Crippen LogP contribution is 2.38. The van der Waals surface area contributed by atoms with Crippen molar-refractivity contribution in [1.82, 2.24) is 20.0 Å². The highest BCUT2D eigenvalue weighted by atomic mass is 35.5. The van der Waals surface area contributed by atoms with E-state index in [1.165, 1.54) is 23.5 Å². The molecule has 10 heteroatoms. The first-order valence-corrected chi connectivity index (χ1v) is 13.4. The Bertz CT molecular complexity index is 1560. The Morgan fingerprint density at radius 1 is 1.08 bits per heavy atom. The zero-order chi connectivity index (χ0) is 26.4. The lowest BCUT2D eigenvalue weighted by Gasteiger charge is -2.24. The zero-order valence-corrected chi connectivity index (χ0v) is 21.7. The van der Waals surface area contributed by atoms with E-state index in [0.29, 0.717) is 26.6 Å². The number of carbonyl (C=O) groups is 3. The minimum atomic E-state index is -0.637. The number of amides is 3. The van der Waals surface area contributed by atoms with Gasteiger partial charge in [-0.15, -0.1) is 11.3 Å². The number of fused-ring (bicyclic) bond motifs is 4. The smallest absolute Gasteiger partial charge is 0.261 e. The number of thiophene rings is 1. The molecule has 0 fully saturated rings. The lowest BCUT2D eigenvalue weighted by molar-refractivity contribution is 0.0629. The van der Waals surface area contributed by atoms with Gasteiger partial charge in [-0.1, -0.05) is 35.9 Å². The number of aromatic nitrogens is 2. The third kappa shape index (κ3) is 4.41. The molecule has 2 aliphatic heterocycles. The van der Waals surface area contributed by atoms with Crippen molar-refractivity contribution in [2.24, 2.45) is 0 Å². The van der Waals surface area contributed by atoms with E-state index >= 15 is 0 Å². The lowest BCUT2D eigenvalue weighted by atomic mass is 10.0. The maximum Gasteiger partial charge on any atom is 0.261 e. The molecule has 0 bridgehead atoms. The van der Waals surface area contributed by atoms with E-state index in [1.54, 1.807) is 42.6 Å². The van der Waals surface area contributed by atoms with Gasteiger partial charge in [0.05, 0.1) is 39.0 Å². The van der Waals surface area contributed by atoms with Crippen molar-refractivity contribution in [2.45, 2.75) is 31.8 Å². The fourth-order valence-corrected chi connectivity index (χ4v) is 6.46. The predicted octanol–water partition coefficient (Wildman–Crippen LogP) is 4.99. The molecule has 1 unspecified atom stereocenters. The van der Waals surface area contributed by atoms with Gasteiger partial charge in [0.15, 0.2) is 0 Å². The predicted molar refractivity (Wildman–Crippen MR) is 142 cm³/mol. The van der Waals surface area contributed by atoms with Crippen LogP contribution < -0.4 is 5.32 Å². The number of halogens is 2.